The standard InChI is InChI=1S/C17H31NO3/c1-2-16-14-13-15(18-20)11-9-7-5-3-4-6-8-10-12-17(19)21-16/h16,20H,2-14H2,1H3. The molecule has 1 fully saturated rings. The average Bonchev–Trinajstić information content (AvgIpc) is 2.49. The molecule has 1 rings (SSSR count). The summed E-state index contributed by atoms with van der Waals surface area (Å²) in [4.78, 5) is 11.8. The van der Waals surface area contributed by atoms with E-state index in [2.05, 4.69) is 5.16 Å². The van der Waals surface area contributed by atoms with Gasteiger partial charge in [0, 0.05) is 6.42 Å². The Morgan fingerprint density at radius 3 is 2.14 bits per heavy atom. The lowest BCUT2D eigenvalue weighted by atomic mass is 10.0. The topological polar surface area (TPSA) is 58.9 Å². The lowest BCUT2D eigenvalue weighted by Crippen LogP contribution is -2.18. The predicted octanol–water partition coefficient (Wildman–Crippen LogP) is 4.83. The van der Waals surface area contributed by atoms with Crippen LogP contribution in [0.15, 0.2) is 5.16 Å². The first-order valence-electron chi connectivity index (χ1n) is 8.65. The fourth-order valence-corrected chi connectivity index (χ4v) is 2.80. The molecule has 0 aromatic heterocycles. The molecule has 1 aliphatic rings. The van der Waals surface area contributed by atoms with Crippen LogP contribution in [0.25, 0.3) is 0 Å². The number of hydrogen-bond acceptors (Lipinski definition) is 4. The minimum atomic E-state index is -0.0727. The van der Waals surface area contributed by atoms with Gasteiger partial charge in [0.25, 0.3) is 0 Å². The van der Waals surface area contributed by atoms with Crippen molar-refractivity contribution in [1.29, 1.82) is 0 Å². The second-order valence-corrected chi connectivity index (χ2v) is 6.05. The van der Waals surface area contributed by atoms with E-state index in [9.17, 15) is 4.79 Å². The third-order valence-electron chi connectivity index (χ3n) is 4.25. The Labute approximate surface area is 128 Å². The maximum atomic E-state index is 11.8. The van der Waals surface area contributed by atoms with Crippen LogP contribution in [-0.2, 0) is 9.53 Å². The molecule has 122 valence electrons. The van der Waals surface area contributed by atoms with E-state index < -0.39 is 0 Å². The van der Waals surface area contributed by atoms with Crippen molar-refractivity contribution in [2.45, 2.75) is 96.5 Å². The SMILES string of the molecule is CCC1CCC(=NO)CCCCCCCCCCC(=O)O1. The molecule has 4 nitrogen and oxygen atoms in total. The Morgan fingerprint density at radius 2 is 1.57 bits per heavy atom. The summed E-state index contributed by atoms with van der Waals surface area (Å²) in [6, 6.07) is 0. The van der Waals surface area contributed by atoms with Crippen molar-refractivity contribution in [1.82, 2.24) is 0 Å². The minimum Gasteiger partial charge on any atom is -0.462 e. The van der Waals surface area contributed by atoms with Gasteiger partial charge in [0.1, 0.15) is 6.10 Å². The molecule has 0 radical (unpaired) electrons. The van der Waals surface area contributed by atoms with E-state index in [4.69, 9.17) is 9.94 Å². The third-order valence-corrected chi connectivity index (χ3v) is 4.25. The third kappa shape index (κ3) is 8.74. The van der Waals surface area contributed by atoms with E-state index in [1.54, 1.807) is 0 Å². The monoisotopic (exact) mass is 297 g/mol. The van der Waals surface area contributed by atoms with Crippen LogP contribution in [0.4, 0.5) is 0 Å². The van der Waals surface area contributed by atoms with Gasteiger partial charge in [0.05, 0.1) is 5.71 Å². The number of cyclic esters (lactones) is 1. The second-order valence-electron chi connectivity index (χ2n) is 6.05. The molecule has 0 spiro atoms. The number of ether oxygens (including phenoxy) is 1. The summed E-state index contributed by atoms with van der Waals surface area (Å²) in [5, 5.41) is 12.5. The average molecular weight is 297 g/mol. The lowest BCUT2D eigenvalue weighted by molar-refractivity contribution is -0.149. The van der Waals surface area contributed by atoms with Crippen LogP contribution in [-0.4, -0.2) is 23.0 Å². The Hall–Kier alpha value is -1.06. The van der Waals surface area contributed by atoms with Gasteiger partial charge < -0.3 is 9.94 Å². The highest BCUT2D eigenvalue weighted by molar-refractivity contribution is 5.83. The number of oxime groups is 1. The molecule has 0 aromatic carbocycles. The molecule has 0 bridgehead atoms. The molecule has 1 atom stereocenters. The van der Waals surface area contributed by atoms with Gasteiger partial charge in [-0.15, -0.1) is 0 Å². The van der Waals surface area contributed by atoms with Crippen molar-refractivity contribution in [3.05, 3.63) is 0 Å². The van der Waals surface area contributed by atoms with Crippen molar-refractivity contribution in [2.24, 2.45) is 5.16 Å². The maximum absolute atomic E-state index is 11.8. The summed E-state index contributed by atoms with van der Waals surface area (Å²) in [5.74, 6) is -0.0727. The van der Waals surface area contributed by atoms with Crippen molar-refractivity contribution in [3.63, 3.8) is 0 Å². The number of hydrogen-bond donors (Lipinski definition) is 1. The fourth-order valence-electron chi connectivity index (χ4n) is 2.80. The van der Waals surface area contributed by atoms with Gasteiger partial charge in [-0.1, -0.05) is 50.6 Å². The number of carbonyl (C=O) groups is 1. The van der Waals surface area contributed by atoms with Gasteiger partial charge in [0.2, 0.25) is 0 Å². The molecule has 21 heavy (non-hydrogen) atoms. The van der Waals surface area contributed by atoms with Gasteiger partial charge in [-0.2, -0.15) is 0 Å². The molecule has 4 heteroatoms. The number of carbonyl (C=O) groups excluding carboxylic acids is 1. The number of nitrogens with zero attached hydrogens (tertiary/aromatic N) is 1. The molecule has 1 unspecified atom stereocenters. The predicted molar refractivity (Wildman–Crippen MR) is 84.8 cm³/mol. The van der Waals surface area contributed by atoms with Crippen molar-refractivity contribution < 1.29 is 14.7 Å². The van der Waals surface area contributed by atoms with Crippen LogP contribution < -0.4 is 0 Å². The summed E-state index contributed by atoms with van der Waals surface area (Å²) < 4.78 is 5.52. The first kappa shape index (κ1) is 18.0. The fraction of sp³-hybridized carbons (Fsp3) is 0.882. The molecule has 1 aliphatic heterocycles. The zero-order valence-corrected chi connectivity index (χ0v) is 13.5. The lowest BCUT2D eigenvalue weighted by Gasteiger charge is -2.16. The van der Waals surface area contributed by atoms with Gasteiger partial charge in [0.15, 0.2) is 0 Å². The van der Waals surface area contributed by atoms with Crippen LogP contribution in [0.1, 0.15) is 90.4 Å². The Balaban J connectivity index is 2.47. The Bertz CT molecular complexity index is 315. The molecule has 1 heterocycles. The zero-order chi connectivity index (χ0) is 15.3. The van der Waals surface area contributed by atoms with Gasteiger partial charge in [-0.05, 0) is 38.5 Å². The van der Waals surface area contributed by atoms with Gasteiger partial charge >= 0.3 is 5.97 Å². The van der Waals surface area contributed by atoms with E-state index in [0.29, 0.717) is 6.42 Å². The molecule has 1 N–H and O–H groups in total. The van der Waals surface area contributed by atoms with Crippen LogP contribution >= 0.6 is 0 Å². The van der Waals surface area contributed by atoms with Crippen LogP contribution in [0.2, 0.25) is 0 Å². The molecular formula is C17H31NO3. The summed E-state index contributed by atoms with van der Waals surface area (Å²) >= 11 is 0. The largest absolute Gasteiger partial charge is 0.462 e. The molecule has 0 amide bonds. The Kier molecular flexibility index (Phi) is 9.92. The molecule has 0 aliphatic carbocycles. The van der Waals surface area contributed by atoms with E-state index in [1.165, 1.54) is 32.1 Å². The second kappa shape index (κ2) is 11.6. The maximum Gasteiger partial charge on any atom is 0.306 e. The van der Waals surface area contributed by atoms with Crippen LogP contribution in [0.3, 0.4) is 0 Å². The summed E-state index contributed by atoms with van der Waals surface area (Å²) in [6.45, 7) is 2.03. The molecule has 0 aromatic rings. The van der Waals surface area contributed by atoms with Gasteiger partial charge in [-0.3, -0.25) is 4.79 Å². The number of esters is 1. The highest BCUT2D eigenvalue weighted by Crippen LogP contribution is 2.16. The normalized spacial score (nSPS) is 26.4. The number of rotatable bonds is 1. The minimum absolute atomic E-state index is 0.0397. The summed E-state index contributed by atoms with van der Waals surface area (Å²) in [7, 11) is 0. The smallest absolute Gasteiger partial charge is 0.306 e. The molecule has 1 saturated heterocycles. The highest BCUT2D eigenvalue weighted by atomic mass is 16.5. The van der Waals surface area contributed by atoms with Crippen LogP contribution in [0.5, 0.6) is 0 Å². The van der Waals surface area contributed by atoms with E-state index in [1.807, 2.05) is 6.92 Å². The zero-order valence-electron chi connectivity index (χ0n) is 13.5. The molecule has 0 saturated carbocycles. The quantitative estimate of drug-likeness (QED) is 0.428. The first-order chi connectivity index (χ1) is 10.3. The van der Waals surface area contributed by atoms with Crippen molar-refractivity contribution in [3.8, 4) is 0 Å². The molecular weight excluding hydrogens is 266 g/mol. The first-order valence-corrected chi connectivity index (χ1v) is 8.65. The highest BCUT2D eigenvalue weighted by Gasteiger charge is 2.14. The van der Waals surface area contributed by atoms with E-state index >= 15 is 0 Å². The van der Waals surface area contributed by atoms with E-state index in [0.717, 1.165) is 50.7 Å². The van der Waals surface area contributed by atoms with Crippen LogP contribution in [0, 0.1) is 0 Å². The van der Waals surface area contributed by atoms with Crippen molar-refractivity contribution in [2.75, 3.05) is 0 Å². The summed E-state index contributed by atoms with van der Waals surface area (Å²) in [5.41, 5.74) is 0.844. The van der Waals surface area contributed by atoms with Gasteiger partial charge in [-0.25, -0.2) is 0 Å². The van der Waals surface area contributed by atoms with E-state index in [-0.39, 0.29) is 12.1 Å². The Morgan fingerprint density at radius 1 is 1.00 bits per heavy atom. The summed E-state index contributed by atoms with van der Waals surface area (Å²) in [6.07, 6.45) is 13.1. The van der Waals surface area contributed by atoms with Crippen molar-refractivity contribution >= 4 is 11.7 Å².